The zero-order chi connectivity index (χ0) is 14.5. The number of ether oxygens (including phenoxy) is 1. The van der Waals surface area contributed by atoms with Gasteiger partial charge < -0.3 is 19.8 Å². The molecule has 1 saturated heterocycles. The minimum absolute atomic E-state index is 0.189. The van der Waals surface area contributed by atoms with Gasteiger partial charge in [0, 0.05) is 23.5 Å². The van der Waals surface area contributed by atoms with Gasteiger partial charge in [0.1, 0.15) is 5.75 Å². The van der Waals surface area contributed by atoms with E-state index in [1.54, 1.807) is 0 Å². The van der Waals surface area contributed by atoms with Gasteiger partial charge in [0.2, 0.25) is 0 Å². The zero-order valence-electron chi connectivity index (χ0n) is 11.1. The van der Waals surface area contributed by atoms with Crippen molar-refractivity contribution in [3.8, 4) is 5.75 Å². The molecule has 0 bridgehead atoms. The first kappa shape index (κ1) is 16.0. The number of benzene rings is 1. The molecule has 0 aliphatic carbocycles. The van der Waals surface area contributed by atoms with E-state index in [0.717, 1.165) is 24.0 Å². The Labute approximate surface area is 132 Å². The van der Waals surface area contributed by atoms with Gasteiger partial charge in [-0.3, -0.25) is 0 Å². The molecular weight excluding hydrogens is 346 g/mol. The minimum Gasteiger partial charge on any atom is -0.492 e. The average Bonchev–Trinajstić information content (AvgIpc) is 2.88. The van der Waals surface area contributed by atoms with Crippen LogP contribution in [0.2, 0.25) is 5.02 Å². The van der Waals surface area contributed by atoms with Gasteiger partial charge in [-0.25, -0.2) is 0 Å². The van der Waals surface area contributed by atoms with Gasteiger partial charge in [0.15, 0.2) is 0 Å². The Balaban J connectivity index is 1.79. The second-order valence-corrected chi connectivity index (χ2v) is 6.35. The van der Waals surface area contributed by atoms with E-state index in [4.69, 9.17) is 21.4 Å². The summed E-state index contributed by atoms with van der Waals surface area (Å²) in [6.07, 6.45) is 0.373. The number of aliphatic hydroxyl groups excluding tert-OH is 2. The van der Waals surface area contributed by atoms with Crippen molar-refractivity contribution >= 4 is 27.5 Å². The number of rotatable bonds is 6. The van der Waals surface area contributed by atoms with Crippen LogP contribution in [0, 0.1) is 5.92 Å². The molecule has 0 radical (unpaired) electrons. The Bertz CT molecular complexity index is 446. The van der Waals surface area contributed by atoms with E-state index in [9.17, 15) is 5.11 Å². The summed E-state index contributed by atoms with van der Waals surface area (Å²) in [7, 11) is 0. The highest BCUT2D eigenvalue weighted by Gasteiger charge is 2.24. The fourth-order valence-corrected chi connectivity index (χ4v) is 2.90. The summed E-state index contributed by atoms with van der Waals surface area (Å²) in [5.41, 5.74) is 0. The molecule has 20 heavy (non-hydrogen) atoms. The second-order valence-electron chi connectivity index (χ2n) is 5.11. The van der Waals surface area contributed by atoms with E-state index in [-0.39, 0.29) is 6.61 Å². The third-order valence-electron chi connectivity index (χ3n) is 3.44. The third-order valence-corrected chi connectivity index (χ3v) is 4.72. The lowest BCUT2D eigenvalue weighted by atomic mass is 10.1. The van der Waals surface area contributed by atoms with Crippen LogP contribution >= 0.6 is 27.5 Å². The van der Waals surface area contributed by atoms with Gasteiger partial charge in [-0.15, -0.1) is 0 Å². The number of hydrogen-bond donors (Lipinski definition) is 2. The van der Waals surface area contributed by atoms with Crippen molar-refractivity contribution in [2.75, 3.05) is 32.8 Å². The summed E-state index contributed by atoms with van der Waals surface area (Å²) >= 11 is 9.52. The van der Waals surface area contributed by atoms with Gasteiger partial charge >= 0.3 is 0 Å². The van der Waals surface area contributed by atoms with E-state index >= 15 is 0 Å². The zero-order valence-corrected chi connectivity index (χ0v) is 13.5. The van der Waals surface area contributed by atoms with Crippen molar-refractivity contribution in [2.24, 2.45) is 5.92 Å². The number of likely N-dealkylation sites (tertiary alicyclic amines) is 1. The number of nitrogens with zero attached hydrogens (tertiary/aromatic N) is 1. The van der Waals surface area contributed by atoms with E-state index in [1.807, 2.05) is 18.2 Å². The summed E-state index contributed by atoms with van der Waals surface area (Å²) in [6.45, 7) is 2.75. The van der Waals surface area contributed by atoms with Crippen molar-refractivity contribution in [3.05, 3.63) is 27.7 Å². The Morgan fingerprint density at radius 1 is 1.50 bits per heavy atom. The summed E-state index contributed by atoms with van der Waals surface area (Å²) in [5.74, 6) is 1.12. The molecule has 0 amide bonds. The Morgan fingerprint density at radius 3 is 3.05 bits per heavy atom. The molecule has 0 spiro atoms. The van der Waals surface area contributed by atoms with Crippen LogP contribution in [-0.4, -0.2) is 54.1 Å². The molecule has 112 valence electrons. The summed E-state index contributed by atoms with van der Waals surface area (Å²) in [5, 5.41) is 18.9. The molecule has 2 atom stereocenters. The van der Waals surface area contributed by atoms with Crippen LogP contribution in [0.1, 0.15) is 6.42 Å². The van der Waals surface area contributed by atoms with Crippen molar-refractivity contribution in [3.63, 3.8) is 0 Å². The highest BCUT2D eigenvalue weighted by atomic mass is 79.9. The molecule has 2 rings (SSSR count). The van der Waals surface area contributed by atoms with Crippen LogP contribution in [0.4, 0.5) is 0 Å². The van der Waals surface area contributed by atoms with Gasteiger partial charge in [-0.1, -0.05) is 17.7 Å². The monoisotopic (exact) mass is 363 g/mol. The number of hydrogen-bond acceptors (Lipinski definition) is 4. The normalized spacial score (nSPS) is 21.1. The van der Waals surface area contributed by atoms with Gasteiger partial charge in [0.25, 0.3) is 0 Å². The Kier molecular flexibility index (Phi) is 6.11. The molecule has 4 nitrogen and oxygen atoms in total. The fourth-order valence-electron chi connectivity index (χ4n) is 2.37. The first-order valence-electron chi connectivity index (χ1n) is 6.68. The first-order chi connectivity index (χ1) is 9.60. The molecular formula is C14H19BrClNO3. The summed E-state index contributed by atoms with van der Waals surface area (Å²) in [6, 6.07) is 5.63. The highest BCUT2D eigenvalue weighted by Crippen LogP contribution is 2.32. The molecule has 0 saturated carbocycles. The van der Waals surface area contributed by atoms with Crippen LogP contribution in [0.15, 0.2) is 22.7 Å². The molecule has 2 N–H and O–H groups in total. The second kappa shape index (κ2) is 7.61. The maximum Gasteiger partial charge on any atom is 0.139 e. The summed E-state index contributed by atoms with van der Waals surface area (Å²) < 4.78 is 6.61. The van der Waals surface area contributed by atoms with Crippen LogP contribution in [0.5, 0.6) is 5.75 Å². The van der Waals surface area contributed by atoms with Gasteiger partial charge in [-0.05, 0) is 41.0 Å². The van der Waals surface area contributed by atoms with E-state index in [2.05, 4.69) is 20.8 Å². The lowest BCUT2D eigenvalue weighted by molar-refractivity contribution is 0.0643. The molecule has 1 aliphatic rings. The van der Waals surface area contributed by atoms with E-state index < -0.39 is 6.10 Å². The standard InChI is InChI=1S/C14H19BrClNO3/c15-12-2-1-3-13(14(12)16)20-9-10-4-5-17(6-10)7-11(19)8-18/h1-3,10-11,18-19H,4-9H2. The van der Waals surface area contributed by atoms with Crippen LogP contribution < -0.4 is 4.74 Å². The quantitative estimate of drug-likeness (QED) is 0.812. The van der Waals surface area contributed by atoms with Crippen LogP contribution in [-0.2, 0) is 0 Å². The number of β-amino-alcohol motifs (C(OH)–C–C–N with tert-alkyl or cyclic N) is 1. The van der Waals surface area contributed by atoms with Crippen LogP contribution in [0.25, 0.3) is 0 Å². The lowest BCUT2D eigenvalue weighted by Crippen LogP contribution is -2.33. The maximum atomic E-state index is 9.43. The minimum atomic E-state index is -0.658. The molecule has 6 heteroatoms. The molecule has 1 heterocycles. The average molecular weight is 365 g/mol. The largest absolute Gasteiger partial charge is 0.492 e. The van der Waals surface area contributed by atoms with Crippen LogP contribution in [0.3, 0.4) is 0 Å². The van der Waals surface area contributed by atoms with Crippen molar-refractivity contribution in [1.82, 2.24) is 4.90 Å². The number of halogens is 2. The lowest BCUT2D eigenvalue weighted by Gasteiger charge is -2.19. The molecule has 1 aromatic carbocycles. The smallest absolute Gasteiger partial charge is 0.139 e. The van der Waals surface area contributed by atoms with Crippen molar-refractivity contribution in [2.45, 2.75) is 12.5 Å². The highest BCUT2D eigenvalue weighted by molar-refractivity contribution is 9.10. The molecule has 0 aromatic heterocycles. The molecule has 1 fully saturated rings. The molecule has 1 aliphatic heterocycles. The van der Waals surface area contributed by atoms with E-state index in [1.165, 1.54) is 0 Å². The van der Waals surface area contributed by atoms with Crippen molar-refractivity contribution in [1.29, 1.82) is 0 Å². The number of aliphatic hydroxyl groups is 2. The summed E-state index contributed by atoms with van der Waals surface area (Å²) in [4.78, 5) is 2.15. The topological polar surface area (TPSA) is 52.9 Å². The first-order valence-corrected chi connectivity index (χ1v) is 7.85. The third kappa shape index (κ3) is 4.33. The predicted molar refractivity (Wildman–Crippen MR) is 82.3 cm³/mol. The fraction of sp³-hybridized carbons (Fsp3) is 0.571. The molecule has 2 unspecified atom stereocenters. The maximum absolute atomic E-state index is 9.43. The van der Waals surface area contributed by atoms with Crippen molar-refractivity contribution < 1.29 is 14.9 Å². The van der Waals surface area contributed by atoms with E-state index in [0.29, 0.717) is 29.8 Å². The van der Waals surface area contributed by atoms with Gasteiger partial charge in [-0.2, -0.15) is 0 Å². The predicted octanol–water partition coefficient (Wildman–Crippen LogP) is 2.16. The van der Waals surface area contributed by atoms with Gasteiger partial charge in [0.05, 0.1) is 24.3 Å². The molecule has 1 aromatic rings. The SMILES string of the molecule is OCC(O)CN1CCC(COc2cccc(Br)c2Cl)C1. The Hall–Kier alpha value is -0.330. The Morgan fingerprint density at radius 2 is 2.30 bits per heavy atom.